The van der Waals surface area contributed by atoms with Crippen molar-refractivity contribution in [3.05, 3.63) is 69.8 Å². The monoisotopic (exact) mass is 286 g/mol. The number of rotatable bonds is 5. The van der Waals surface area contributed by atoms with Gasteiger partial charge in [-0.3, -0.25) is 20.3 Å². The number of hydrazine groups is 1. The van der Waals surface area contributed by atoms with Crippen molar-refractivity contribution >= 4 is 17.3 Å². The van der Waals surface area contributed by atoms with Gasteiger partial charge in [-0.25, -0.2) is 5.43 Å². The van der Waals surface area contributed by atoms with E-state index in [0.717, 1.165) is 11.6 Å². The summed E-state index contributed by atoms with van der Waals surface area (Å²) in [5.41, 5.74) is 11.9. The highest BCUT2D eigenvalue weighted by Gasteiger charge is 2.14. The molecule has 0 unspecified atom stereocenters. The number of nitro groups is 1. The maximum atomic E-state index is 12.0. The molecular weight excluding hydrogens is 272 g/mol. The minimum atomic E-state index is -0.576. The molecule has 0 heterocycles. The third kappa shape index (κ3) is 3.77. The molecule has 0 aliphatic rings. The standard InChI is InChI=1S/C14H14N4O3/c15-13-7-6-11(18(20)21)8-12(13)14(19)17-16-9-10-4-2-1-3-5-10/h1-8,16H,9,15H2,(H,17,19). The van der Waals surface area contributed by atoms with Gasteiger partial charge >= 0.3 is 0 Å². The van der Waals surface area contributed by atoms with E-state index < -0.39 is 10.8 Å². The zero-order valence-corrected chi connectivity index (χ0v) is 11.1. The Labute approximate surface area is 120 Å². The largest absolute Gasteiger partial charge is 0.398 e. The van der Waals surface area contributed by atoms with E-state index in [1.165, 1.54) is 12.1 Å². The predicted octanol–water partition coefficient (Wildman–Crippen LogP) is 1.61. The lowest BCUT2D eigenvalue weighted by Gasteiger charge is -2.09. The second-order valence-electron chi connectivity index (χ2n) is 4.32. The van der Waals surface area contributed by atoms with Gasteiger partial charge in [0.2, 0.25) is 0 Å². The van der Waals surface area contributed by atoms with Crippen LogP contribution >= 0.6 is 0 Å². The molecule has 0 radical (unpaired) electrons. The number of benzene rings is 2. The molecule has 0 aliphatic heterocycles. The average Bonchev–Trinajstić information content (AvgIpc) is 2.48. The van der Waals surface area contributed by atoms with Crippen LogP contribution in [0.25, 0.3) is 0 Å². The summed E-state index contributed by atoms with van der Waals surface area (Å²) >= 11 is 0. The number of non-ortho nitro benzene ring substituents is 1. The summed E-state index contributed by atoms with van der Waals surface area (Å²) in [5, 5.41) is 10.7. The number of hydrogen-bond acceptors (Lipinski definition) is 5. The average molecular weight is 286 g/mol. The number of amides is 1. The molecule has 7 heteroatoms. The highest BCUT2D eigenvalue weighted by molar-refractivity contribution is 5.99. The molecule has 0 fully saturated rings. The summed E-state index contributed by atoms with van der Waals surface area (Å²) in [7, 11) is 0. The van der Waals surface area contributed by atoms with Gasteiger partial charge in [-0.1, -0.05) is 30.3 Å². The summed E-state index contributed by atoms with van der Waals surface area (Å²) in [6, 6.07) is 13.2. The lowest BCUT2D eigenvalue weighted by atomic mass is 10.1. The Bertz CT molecular complexity index is 659. The van der Waals surface area contributed by atoms with Gasteiger partial charge in [0.15, 0.2) is 0 Å². The molecule has 0 saturated heterocycles. The van der Waals surface area contributed by atoms with Crippen LogP contribution in [0.3, 0.4) is 0 Å². The van der Waals surface area contributed by atoms with E-state index in [1.54, 1.807) is 0 Å². The minimum absolute atomic E-state index is 0.0600. The van der Waals surface area contributed by atoms with Crippen LogP contribution in [0.1, 0.15) is 15.9 Å². The molecule has 1 amide bonds. The van der Waals surface area contributed by atoms with Gasteiger partial charge < -0.3 is 5.73 Å². The van der Waals surface area contributed by atoms with Crippen LogP contribution in [0.4, 0.5) is 11.4 Å². The predicted molar refractivity (Wildman–Crippen MR) is 78.3 cm³/mol. The number of nitrogens with zero attached hydrogens (tertiary/aromatic N) is 1. The molecule has 2 aromatic rings. The van der Waals surface area contributed by atoms with Gasteiger partial charge in [-0.15, -0.1) is 0 Å². The highest BCUT2D eigenvalue weighted by Crippen LogP contribution is 2.19. The highest BCUT2D eigenvalue weighted by atomic mass is 16.6. The van der Waals surface area contributed by atoms with Gasteiger partial charge in [-0.2, -0.15) is 0 Å². The number of carbonyl (C=O) groups excluding carboxylic acids is 1. The van der Waals surface area contributed by atoms with Gasteiger partial charge in [-0.05, 0) is 11.6 Å². The molecule has 0 aliphatic carbocycles. The molecule has 0 bridgehead atoms. The molecule has 108 valence electrons. The summed E-state index contributed by atoms with van der Waals surface area (Å²) in [6.45, 7) is 0.432. The number of anilines is 1. The summed E-state index contributed by atoms with van der Waals surface area (Å²) < 4.78 is 0. The summed E-state index contributed by atoms with van der Waals surface area (Å²) in [6.07, 6.45) is 0. The third-order valence-electron chi connectivity index (χ3n) is 2.83. The van der Waals surface area contributed by atoms with E-state index in [2.05, 4.69) is 10.9 Å². The van der Waals surface area contributed by atoms with E-state index in [-0.39, 0.29) is 16.9 Å². The van der Waals surface area contributed by atoms with Crippen molar-refractivity contribution in [2.75, 3.05) is 5.73 Å². The molecule has 0 spiro atoms. The van der Waals surface area contributed by atoms with Gasteiger partial charge in [0.1, 0.15) is 0 Å². The smallest absolute Gasteiger partial charge is 0.270 e. The first-order valence-corrected chi connectivity index (χ1v) is 6.19. The fraction of sp³-hybridized carbons (Fsp3) is 0.0714. The van der Waals surface area contributed by atoms with Crippen LogP contribution in [0.5, 0.6) is 0 Å². The maximum absolute atomic E-state index is 12.0. The van der Waals surface area contributed by atoms with Gasteiger partial charge in [0.25, 0.3) is 11.6 Å². The zero-order valence-electron chi connectivity index (χ0n) is 11.1. The topological polar surface area (TPSA) is 110 Å². The quantitative estimate of drug-likeness (QED) is 0.439. The van der Waals surface area contributed by atoms with E-state index in [1.807, 2.05) is 30.3 Å². The van der Waals surface area contributed by atoms with Crippen molar-refractivity contribution in [3.63, 3.8) is 0 Å². The first-order chi connectivity index (χ1) is 10.1. The Balaban J connectivity index is 2.00. The number of carbonyl (C=O) groups is 1. The Morgan fingerprint density at radius 1 is 1.19 bits per heavy atom. The van der Waals surface area contributed by atoms with Gasteiger partial charge in [0.05, 0.1) is 10.5 Å². The molecule has 7 nitrogen and oxygen atoms in total. The molecule has 0 aromatic heterocycles. The molecular formula is C14H14N4O3. The molecule has 2 rings (SSSR count). The molecule has 2 aromatic carbocycles. The number of nitrogens with two attached hydrogens (primary N) is 1. The van der Waals surface area contributed by atoms with Crippen LogP contribution in [-0.2, 0) is 6.54 Å². The van der Waals surface area contributed by atoms with E-state index in [9.17, 15) is 14.9 Å². The lowest BCUT2D eigenvalue weighted by Crippen LogP contribution is -2.37. The van der Waals surface area contributed by atoms with Crippen LogP contribution in [-0.4, -0.2) is 10.8 Å². The van der Waals surface area contributed by atoms with Crippen molar-refractivity contribution in [3.8, 4) is 0 Å². The first-order valence-electron chi connectivity index (χ1n) is 6.19. The second-order valence-corrected chi connectivity index (χ2v) is 4.32. The third-order valence-corrected chi connectivity index (χ3v) is 2.83. The minimum Gasteiger partial charge on any atom is -0.398 e. The first kappa shape index (κ1) is 14.5. The fourth-order valence-electron chi connectivity index (χ4n) is 1.74. The van der Waals surface area contributed by atoms with Crippen LogP contribution in [0.15, 0.2) is 48.5 Å². The molecule has 0 atom stereocenters. The maximum Gasteiger partial charge on any atom is 0.270 e. The van der Waals surface area contributed by atoms with Crippen molar-refractivity contribution in [1.29, 1.82) is 0 Å². The zero-order chi connectivity index (χ0) is 15.2. The normalized spacial score (nSPS) is 10.1. The summed E-state index contributed by atoms with van der Waals surface area (Å²) in [5.74, 6) is -0.521. The number of nitro benzene ring substituents is 1. The Hall–Kier alpha value is -2.93. The molecule has 21 heavy (non-hydrogen) atoms. The Morgan fingerprint density at radius 2 is 1.90 bits per heavy atom. The SMILES string of the molecule is Nc1ccc([N+](=O)[O-])cc1C(=O)NNCc1ccccc1. The lowest BCUT2D eigenvalue weighted by molar-refractivity contribution is -0.384. The molecule has 4 N–H and O–H groups in total. The van der Waals surface area contributed by atoms with E-state index >= 15 is 0 Å². The number of nitrogen functional groups attached to an aromatic ring is 1. The van der Waals surface area contributed by atoms with E-state index in [4.69, 9.17) is 5.73 Å². The Kier molecular flexibility index (Phi) is 4.47. The Morgan fingerprint density at radius 3 is 2.57 bits per heavy atom. The van der Waals surface area contributed by atoms with Crippen LogP contribution in [0, 0.1) is 10.1 Å². The van der Waals surface area contributed by atoms with E-state index in [0.29, 0.717) is 6.54 Å². The van der Waals surface area contributed by atoms with Gasteiger partial charge in [0, 0.05) is 24.4 Å². The molecule has 0 saturated carbocycles. The van der Waals surface area contributed by atoms with Crippen LogP contribution in [0.2, 0.25) is 0 Å². The number of hydrogen-bond donors (Lipinski definition) is 3. The summed E-state index contributed by atoms with van der Waals surface area (Å²) in [4.78, 5) is 22.1. The van der Waals surface area contributed by atoms with Crippen molar-refractivity contribution < 1.29 is 9.72 Å². The number of nitrogens with one attached hydrogen (secondary N) is 2. The fourth-order valence-corrected chi connectivity index (χ4v) is 1.74. The van der Waals surface area contributed by atoms with Crippen molar-refractivity contribution in [1.82, 2.24) is 10.9 Å². The van der Waals surface area contributed by atoms with Crippen molar-refractivity contribution in [2.24, 2.45) is 0 Å². The second kappa shape index (κ2) is 6.49. The van der Waals surface area contributed by atoms with Crippen molar-refractivity contribution in [2.45, 2.75) is 6.54 Å². The van der Waals surface area contributed by atoms with Crippen LogP contribution < -0.4 is 16.6 Å².